The molecule has 2 saturated carbocycles. The second-order valence-electron chi connectivity index (χ2n) is 16.4. The summed E-state index contributed by atoms with van der Waals surface area (Å²) in [6.07, 6.45) is 10.7. The number of rotatable bonds is 7. The number of aromatic nitrogens is 3. The summed E-state index contributed by atoms with van der Waals surface area (Å²) in [7, 11) is 0. The molecule has 5 heterocycles. The Morgan fingerprint density at radius 3 is 2.48 bits per heavy atom. The molecular formula is C44H49ClN10O2S. The van der Waals surface area contributed by atoms with Crippen molar-refractivity contribution in [1.82, 2.24) is 20.5 Å². The van der Waals surface area contributed by atoms with Crippen LogP contribution in [-0.4, -0.2) is 69.7 Å². The minimum absolute atomic E-state index is 0.0309. The first-order valence-corrected chi connectivity index (χ1v) is 21.5. The quantitative estimate of drug-likeness (QED) is 0.123. The standard InChI is InChI=1S/C44H49ClN10O2S/c1-25-27(3)58-43-39(25)40(50-26(2)41(48)55(43)28(4)47)31-6-12-36(49-23-31)29-15-17-44(18-16-29)19-20-54(24-44)38-14-13-37(52-53-38)42(56)51-32-7-10-33(11-8-32)57-34-9-5-30(22-46)35(45)21-34/h5-6,9,12-14,21,23,26,29,32-33,47-48H,7-8,10-11,15-20,24H2,1-4H3,(H,51,56)/t26-,29?,32?,33?,44?/m0/s1. The Labute approximate surface area is 348 Å². The molecule has 300 valence electrons. The number of hydrogen-bond acceptors (Lipinski definition) is 11. The second kappa shape index (κ2) is 16.2. The molecule has 1 atom stereocenters. The first-order valence-electron chi connectivity index (χ1n) is 20.3. The predicted molar refractivity (Wildman–Crippen MR) is 230 cm³/mol. The molecular weight excluding hydrogens is 768 g/mol. The maximum atomic E-state index is 13.1. The summed E-state index contributed by atoms with van der Waals surface area (Å²) in [5.41, 5.74) is 6.04. The average Bonchev–Trinajstić information content (AvgIpc) is 3.73. The van der Waals surface area contributed by atoms with Crippen LogP contribution in [0.3, 0.4) is 0 Å². The van der Waals surface area contributed by atoms with Crippen LogP contribution in [0.4, 0.5) is 10.8 Å². The summed E-state index contributed by atoms with van der Waals surface area (Å²) in [5.74, 6) is 2.30. The Balaban J connectivity index is 0.833. The number of anilines is 2. The fourth-order valence-corrected chi connectivity index (χ4v) is 10.6. The van der Waals surface area contributed by atoms with Crippen molar-refractivity contribution in [2.24, 2.45) is 10.4 Å². The Bertz CT molecular complexity index is 2300. The SMILES string of the molecule is CC(=N)N1C(=N)[C@H](C)N=C(c2ccc(C3CCC4(CC3)CCN(c3ccc(C(=O)NC5CCC(Oc6ccc(C#N)c(Cl)c6)CC5)nn3)C4)nc2)c2c1sc(C)c2C. The van der Waals surface area contributed by atoms with Gasteiger partial charge < -0.3 is 15.0 Å². The molecule has 12 nitrogen and oxygen atoms in total. The number of nitriles is 1. The fourth-order valence-electron chi connectivity index (χ4n) is 9.12. The van der Waals surface area contributed by atoms with Crippen molar-refractivity contribution in [2.75, 3.05) is 22.9 Å². The van der Waals surface area contributed by atoms with Crippen LogP contribution in [0.2, 0.25) is 5.02 Å². The van der Waals surface area contributed by atoms with Crippen molar-refractivity contribution >= 4 is 57.0 Å². The van der Waals surface area contributed by atoms with Crippen LogP contribution in [0.1, 0.15) is 121 Å². The van der Waals surface area contributed by atoms with Crippen LogP contribution >= 0.6 is 22.9 Å². The Hall–Kier alpha value is -5.19. The number of benzene rings is 1. The van der Waals surface area contributed by atoms with E-state index in [0.29, 0.717) is 39.6 Å². The maximum Gasteiger partial charge on any atom is 0.272 e. The number of nitrogens with zero attached hydrogens (tertiary/aromatic N) is 7. The molecule has 4 aliphatic rings. The van der Waals surface area contributed by atoms with Gasteiger partial charge in [-0.25, -0.2) is 0 Å². The molecule has 58 heavy (non-hydrogen) atoms. The number of aliphatic imine (C=N–C) groups is 1. The van der Waals surface area contributed by atoms with Crippen LogP contribution in [0, 0.1) is 41.4 Å². The molecule has 3 aromatic heterocycles. The van der Waals surface area contributed by atoms with E-state index in [-0.39, 0.29) is 29.5 Å². The lowest BCUT2D eigenvalue weighted by atomic mass is 9.69. The average molecular weight is 817 g/mol. The zero-order valence-corrected chi connectivity index (χ0v) is 35.0. The monoisotopic (exact) mass is 816 g/mol. The molecule has 2 aliphatic carbocycles. The van der Waals surface area contributed by atoms with E-state index in [1.165, 1.54) is 0 Å². The van der Waals surface area contributed by atoms with Crippen LogP contribution in [0.25, 0.3) is 0 Å². The molecule has 1 saturated heterocycles. The highest BCUT2D eigenvalue weighted by atomic mass is 35.5. The van der Waals surface area contributed by atoms with Gasteiger partial charge in [-0.1, -0.05) is 11.6 Å². The van der Waals surface area contributed by atoms with Gasteiger partial charge in [0.2, 0.25) is 0 Å². The van der Waals surface area contributed by atoms with E-state index in [1.807, 2.05) is 19.2 Å². The number of halogens is 1. The van der Waals surface area contributed by atoms with Crippen LogP contribution in [-0.2, 0) is 0 Å². The number of aryl methyl sites for hydroxylation is 1. The topological polar surface area (TPSA) is 167 Å². The van der Waals surface area contributed by atoms with Crippen molar-refractivity contribution < 1.29 is 9.53 Å². The third-order valence-corrected chi connectivity index (χ3v) is 14.1. The number of ether oxygens (including phenoxy) is 1. The number of nitrogens with one attached hydrogen (secondary N) is 3. The lowest BCUT2D eigenvalue weighted by Gasteiger charge is -2.37. The molecule has 0 bridgehead atoms. The summed E-state index contributed by atoms with van der Waals surface area (Å²) in [5, 5.41) is 39.6. The molecule has 2 aliphatic heterocycles. The van der Waals surface area contributed by atoms with Crippen molar-refractivity contribution in [3.63, 3.8) is 0 Å². The molecule has 3 fully saturated rings. The Morgan fingerprint density at radius 2 is 1.83 bits per heavy atom. The van der Waals surface area contributed by atoms with E-state index < -0.39 is 0 Å². The molecule has 8 rings (SSSR count). The molecule has 1 amide bonds. The summed E-state index contributed by atoms with van der Waals surface area (Å²) in [4.78, 5) is 28.4. The lowest BCUT2D eigenvalue weighted by molar-refractivity contribution is 0.0888. The number of amides is 1. The number of hydrogen-bond donors (Lipinski definition) is 3. The van der Waals surface area contributed by atoms with Crippen LogP contribution in [0.5, 0.6) is 5.75 Å². The van der Waals surface area contributed by atoms with Gasteiger partial charge in [0.1, 0.15) is 34.5 Å². The van der Waals surface area contributed by atoms with Crippen LogP contribution in [0.15, 0.2) is 53.7 Å². The number of thiophene rings is 1. The zero-order valence-electron chi connectivity index (χ0n) is 33.4. The predicted octanol–water partition coefficient (Wildman–Crippen LogP) is 8.77. The third kappa shape index (κ3) is 7.84. The van der Waals surface area contributed by atoms with Gasteiger partial charge in [0.15, 0.2) is 11.5 Å². The summed E-state index contributed by atoms with van der Waals surface area (Å²) < 4.78 is 6.10. The molecule has 4 aromatic rings. The maximum absolute atomic E-state index is 13.1. The molecule has 0 unspecified atom stereocenters. The number of carbonyl (C=O) groups excluding carboxylic acids is 1. The van der Waals surface area contributed by atoms with Crippen LogP contribution < -0.4 is 19.9 Å². The first kappa shape index (κ1) is 39.6. The molecule has 3 N–H and O–H groups in total. The van der Waals surface area contributed by atoms with E-state index in [1.54, 1.807) is 47.4 Å². The van der Waals surface area contributed by atoms with E-state index in [4.69, 9.17) is 42.4 Å². The van der Waals surface area contributed by atoms with E-state index >= 15 is 0 Å². The van der Waals surface area contributed by atoms with Gasteiger partial charge in [-0.2, -0.15) is 5.26 Å². The summed E-state index contributed by atoms with van der Waals surface area (Å²) >= 11 is 7.78. The summed E-state index contributed by atoms with van der Waals surface area (Å²) in [6.45, 7) is 9.71. The van der Waals surface area contributed by atoms with E-state index in [0.717, 1.165) is 115 Å². The van der Waals surface area contributed by atoms with Gasteiger partial charge in [0.25, 0.3) is 5.91 Å². The largest absolute Gasteiger partial charge is 0.490 e. The number of fused-ring (bicyclic) bond motifs is 1. The molecule has 14 heteroatoms. The minimum atomic E-state index is -0.384. The minimum Gasteiger partial charge on any atom is -0.490 e. The van der Waals surface area contributed by atoms with Crippen molar-refractivity contribution in [3.05, 3.63) is 92.2 Å². The van der Waals surface area contributed by atoms with Gasteiger partial charge in [-0.3, -0.25) is 30.5 Å². The van der Waals surface area contributed by atoms with Gasteiger partial charge in [0, 0.05) is 59.0 Å². The normalized spacial score (nSPS) is 24.5. The highest BCUT2D eigenvalue weighted by Crippen LogP contribution is 2.48. The van der Waals surface area contributed by atoms with Crippen molar-refractivity contribution in [3.8, 4) is 11.8 Å². The van der Waals surface area contributed by atoms with Gasteiger partial charge in [0.05, 0.1) is 22.4 Å². The third-order valence-electron chi connectivity index (χ3n) is 12.6. The number of pyridine rings is 1. The first-order chi connectivity index (χ1) is 27.9. The molecule has 0 radical (unpaired) electrons. The van der Waals surface area contributed by atoms with Crippen molar-refractivity contribution in [1.29, 1.82) is 16.1 Å². The second-order valence-corrected chi connectivity index (χ2v) is 18.0. The fraction of sp³-hybridized carbons (Fsp3) is 0.455. The molecule has 1 spiro atoms. The number of carbonyl (C=O) groups is 1. The molecule has 1 aromatic carbocycles. The highest BCUT2D eigenvalue weighted by molar-refractivity contribution is 7.17. The Kier molecular flexibility index (Phi) is 11.1. The van der Waals surface area contributed by atoms with E-state index in [9.17, 15) is 4.79 Å². The van der Waals surface area contributed by atoms with Gasteiger partial charge in [-0.05, 0) is 133 Å². The number of amidine groups is 2. The summed E-state index contributed by atoms with van der Waals surface area (Å²) in [6, 6.07) is 14.9. The van der Waals surface area contributed by atoms with E-state index in [2.05, 4.69) is 52.5 Å². The van der Waals surface area contributed by atoms with Gasteiger partial charge >= 0.3 is 0 Å². The lowest BCUT2D eigenvalue weighted by Crippen LogP contribution is -2.40. The zero-order chi connectivity index (χ0) is 40.7. The van der Waals surface area contributed by atoms with Crippen molar-refractivity contribution in [2.45, 2.75) is 110 Å². The van der Waals surface area contributed by atoms with Gasteiger partial charge in [-0.15, -0.1) is 21.5 Å². The smallest absolute Gasteiger partial charge is 0.272 e. The highest BCUT2D eigenvalue weighted by Gasteiger charge is 2.42. The Morgan fingerprint density at radius 1 is 1.05 bits per heavy atom.